The van der Waals surface area contributed by atoms with Crippen LogP contribution in [0.4, 0.5) is 0 Å². The molecule has 0 bridgehead atoms. The lowest BCUT2D eigenvalue weighted by Crippen LogP contribution is -2.35. The number of carboxylic acid groups (broad SMARTS) is 2. The molecule has 0 spiro atoms. The van der Waals surface area contributed by atoms with Crippen molar-refractivity contribution in [3.05, 3.63) is 0 Å². The van der Waals surface area contributed by atoms with E-state index in [9.17, 15) is 19.2 Å². The minimum Gasteiger partial charge on any atom is -0.480 e. The van der Waals surface area contributed by atoms with Gasteiger partial charge in [-0.05, 0) is 12.8 Å². The normalized spacial score (nSPS) is 13.6. The Labute approximate surface area is 115 Å². The van der Waals surface area contributed by atoms with E-state index in [4.69, 9.17) is 10.2 Å². The molecule has 2 N–H and O–H groups in total. The molecule has 0 aliphatic carbocycles. The maximum Gasteiger partial charge on any atom is 0.324 e. The zero-order valence-electron chi connectivity index (χ0n) is 10.9. The van der Waals surface area contributed by atoms with Crippen molar-refractivity contribution in [2.45, 2.75) is 50.0 Å². The third-order valence-corrected chi connectivity index (χ3v) is 3.77. The number of aliphatic carboxylic acids is 2. The van der Waals surface area contributed by atoms with Gasteiger partial charge in [-0.1, -0.05) is 13.8 Å². The van der Waals surface area contributed by atoms with Gasteiger partial charge < -0.3 is 10.2 Å². The van der Waals surface area contributed by atoms with E-state index in [2.05, 4.69) is 0 Å². The minimum atomic E-state index is -1.50. The first-order valence-corrected chi connectivity index (χ1v) is 6.95. The van der Waals surface area contributed by atoms with Crippen LogP contribution in [0, 0.1) is 0 Å². The zero-order chi connectivity index (χ0) is 15.0. The number of ketones is 2. The van der Waals surface area contributed by atoms with Crippen LogP contribution < -0.4 is 0 Å². The number of hydrogen-bond donors (Lipinski definition) is 2. The molecule has 0 aromatic carbocycles. The SMILES string of the molecule is CCCC(=O)C(SC(C(=O)O)C(=O)CCC)C(=O)O. The van der Waals surface area contributed by atoms with Crippen LogP contribution in [0.3, 0.4) is 0 Å². The van der Waals surface area contributed by atoms with Crippen molar-refractivity contribution in [3.63, 3.8) is 0 Å². The molecule has 0 aliphatic rings. The van der Waals surface area contributed by atoms with Gasteiger partial charge in [-0.2, -0.15) is 0 Å². The molecule has 19 heavy (non-hydrogen) atoms. The summed E-state index contributed by atoms with van der Waals surface area (Å²) in [6, 6.07) is 0. The van der Waals surface area contributed by atoms with E-state index in [-0.39, 0.29) is 12.8 Å². The van der Waals surface area contributed by atoms with Crippen LogP contribution in [-0.4, -0.2) is 44.2 Å². The molecule has 0 aliphatic heterocycles. The Bertz CT molecular complexity index is 331. The van der Waals surface area contributed by atoms with E-state index < -0.39 is 34.0 Å². The van der Waals surface area contributed by atoms with E-state index >= 15 is 0 Å². The maximum absolute atomic E-state index is 11.6. The summed E-state index contributed by atoms with van der Waals surface area (Å²) in [5.41, 5.74) is 0. The molecule has 0 saturated carbocycles. The van der Waals surface area contributed by atoms with Gasteiger partial charge in [-0.25, -0.2) is 0 Å². The summed E-state index contributed by atoms with van der Waals surface area (Å²) in [5, 5.41) is 14.9. The van der Waals surface area contributed by atoms with Crippen LogP contribution in [-0.2, 0) is 19.2 Å². The summed E-state index contributed by atoms with van der Waals surface area (Å²) in [6.07, 6.45) is 1.06. The fourth-order valence-corrected chi connectivity index (χ4v) is 2.48. The molecule has 0 rings (SSSR count). The van der Waals surface area contributed by atoms with Crippen molar-refractivity contribution < 1.29 is 29.4 Å². The number of carbonyl (C=O) groups is 4. The van der Waals surface area contributed by atoms with Gasteiger partial charge in [-0.3, -0.25) is 19.2 Å². The molecule has 0 radical (unpaired) electrons. The Morgan fingerprint density at radius 2 is 1.16 bits per heavy atom. The highest BCUT2D eigenvalue weighted by Gasteiger charge is 2.35. The average Bonchev–Trinajstić information content (AvgIpc) is 2.29. The molecule has 0 aromatic rings. The lowest BCUT2D eigenvalue weighted by atomic mass is 10.2. The highest BCUT2D eigenvalue weighted by molar-refractivity contribution is 8.03. The number of thioether (sulfide) groups is 1. The summed E-state index contributed by atoms with van der Waals surface area (Å²) < 4.78 is 0. The second-order valence-corrected chi connectivity index (χ2v) is 5.22. The van der Waals surface area contributed by atoms with E-state index in [0.717, 1.165) is 0 Å². The van der Waals surface area contributed by atoms with Crippen LogP contribution in [0.15, 0.2) is 0 Å². The standard InChI is InChI=1S/C12H18O6S/c1-3-5-7(13)9(11(15)16)19-10(12(17)18)8(14)6-4-2/h9-10H,3-6H2,1-2H3,(H,15,16)(H,17,18). The van der Waals surface area contributed by atoms with Crippen molar-refractivity contribution >= 4 is 35.3 Å². The predicted octanol–water partition coefficient (Wildman–Crippen LogP) is 1.36. The van der Waals surface area contributed by atoms with Crippen molar-refractivity contribution in [3.8, 4) is 0 Å². The van der Waals surface area contributed by atoms with Gasteiger partial charge in [0.1, 0.15) is 0 Å². The predicted molar refractivity (Wildman–Crippen MR) is 70.3 cm³/mol. The first-order chi connectivity index (χ1) is 8.84. The smallest absolute Gasteiger partial charge is 0.324 e. The number of carbonyl (C=O) groups excluding carboxylic acids is 2. The first kappa shape index (κ1) is 17.6. The molecular weight excluding hydrogens is 272 g/mol. The van der Waals surface area contributed by atoms with Crippen LogP contribution in [0.5, 0.6) is 0 Å². The number of Topliss-reactive ketones (excluding diaryl/α,β-unsaturated/α-hetero) is 2. The minimum absolute atomic E-state index is 0.0538. The Hall–Kier alpha value is -1.37. The van der Waals surface area contributed by atoms with Gasteiger partial charge in [0.25, 0.3) is 0 Å². The Morgan fingerprint density at radius 3 is 1.37 bits per heavy atom. The second-order valence-electron chi connectivity index (χ2n) is 4.01. The number of hydrogen-bond acceptors (Lipinski definition) is 5. The number of carboxylic acids is 2. The fourth-order valence-electron chi connectivity index (χ4n) is 1.43. The van der Waals surface area contributed by atoms with Gasteiger partial charge in [0.2, 0.25) is 0 Å². The third kappa shape index (κ3) is 5.87. The van der Waals surface area contributed by atoms with Crippen molar-refractivity contribution in [1.82, 2.24) is 0 Å². The molecule has 7 heteroatoms. The zero-order valence-corrected chi connectivity index (χ0v) is 11.7. The molecule has 2 unspecified atom stereocenters. The number of rotatable bonds is 10. The van der Waals surface area contributed by atoms with Gasteiger partial charge in [-0.15, -0.1) is 11.8 Å². The van der Waals surface area contributed by atoms with Gasteiger partial charge in [0.05, 0.1) is 0 Å². The largest absolute Gasteiger partial charge is 0.480 e. The molecule has 108 valence electrons. The van der Waals surface area contributed by atoms with E-state index in [1.807, 2.05) is 0 Å². The second kappa shape index (κ2) is 8.68. The highest BCUT2D eigenvalue weighted by Crippen LogP contribution is 2.23. The Morgan fingerprint density at radius 1 is 0.842 bits per heavy atom. The summed E-state index contributed by atoms with van der Waals surface area (Å²) in [5.74, 6) is -3.93. The molecule has 0 saturated heterocycles. The molecule has 2 atom stereocenters. The lowest BCUT2D eigenvalue weighted by Gasteiger charge is -2.15. The van der Waals surface area contributed by atoms with E-state index in [1.165, 1.54) is 0 Å². The summed E-state index contributed by atoms with van der Waals surface area (Å²) >= 11 is 0.404. The monoisotopic (exact) mass is 290 g/mol. The topological polar surface area (TPSA) is 109 Å². The van der Waals surface area contributed by atoms with Crippen LogP contribution >= 0.6 is 11.8 Å². The summed E-state index contributed by atoms with van der Waals surface area (Å²) in [6.45, 7) is 3.44. The molecule has 0 aromatic heterocycles. The quantitative estimate of drug-likeness (QED) is 0.585. The summed E-state index contributed by atoms with van der Waals surface area (Å²) in [7, 11) is 0. The van der Waals surface area contributed by atoms with E-state index in [0.29, 0.717) is 24.6 Å². The van der Waals surface area contributed by atoms with Gasteiger partial charge in [0.15, 0.2) is 22.1 Å². The van der Waals surface area contributed by atoms with E-state index in [1.54, 1.807) is 13.8 Å². The fraction of sp³-hybridized carbons (Fsp3) is 0.667. The van der Waals surface area contributed by atoms with Gasteiger partial charge >= 0.3 is 11.9 Å². The molecule has 0 amide bonds. The van der Waals surface area contributed by atoms with Crippen LogP contribution in [0.2, 0.25) is 0 Å². The molecule has 0 fully saturated rings. The molecule has 0 heterocycles. The molecule has 6 nitrogen and oxygen atoms in total. The van der Waals surface area contributed by atoms with Crippen molar-refractivity contribution in [2.75, 3.05) is 0 Å². The van der Waals surface area contributed by atoms with Crippen molar-refractivity contribution in [1.29, 1.82) is 0 Å². The lowest BCUT2D eigenvalue weighted by molar-refractivity contribution is -0.140. The van der Waals surface area contributed by atoms with Crippen LogP contribution in [0.25, 0.3) is 0 Å². The highest BCUT2D eigenvalue weighted by atomic mass is 32.2. The third-order valence-electron chi connectivity index (χ3n) is 2.30. The average molecular weight is 290 g/mol. The van der Waals surface area contributed by atoms with Crippen LogP contribution in [0.1, 0.15) is 39.5 Å². The Kier molecular flexibility index (Phi) is 8.06. The maximum atomic E-state index is 11.6. The summed E-state index contributed by atoms with van der Waals surface area (Å²) in [4.78, 5) is 45.3. The Balaban J connectivity index is 4.95. The van der Waals surface area contributed by atoms with Gasteiger partial charge in [0, 0.05) is 12.8 Å². The van der Waals surface area contributed by atoms with Crippen molar-refractivity contribution in [2.24, 2.45) is 0 Å². The first-order valence-electron chi connectivity index (χ1n) is 6.01. The molecular formula is C12H18O6S.